The van der Waals surface area contributed by atoms with Gasteiger partial charge in [0.15, 0.2) is 11.4 Å². The van der Waals surface area contributed by atoms with E-state index < -0.39 is 0 Å². The van der Waals surface area contributed by atoms with Gasteiger partial charge < -0.3 is 29.4 Å². The van der Waals surface area contributed by atoms with E-state index in [4.69, 9.17) is 14.0 Å². The summed E-state index contributed by atoms with van der Waals surface area (Å²) < 4.78 is 21.8. The average molecular weight is 469 g/mol. The van der Waals surface area contributed by atoms with Gasteiger partial charge in [0.2, 0.25) is 0 Å². The highest BCUT2D eigenvalue weighted by Crippen LogP contribution is 2.37. The molecule has 3 N–H and O–H groups in total. The van der Waals surface area contributed by atoms with Crippen molar-refractivity contribution in [3.05, 3.63) is 59.9 Å². The highest BCUT2D eigenvalue weighted by atomic mass is 32.2. The number of hydrogen-bond donors (Lipinski definition) is 3. The molecule has 0 fully saturated rings. The zero-order valence-corrected chi connectivity index (χ0v) is 19.7. The van der Waals surface area contributed by atoms with Crippen molar-refractivity contribution in [1.82, 2.24) is 25.6 Å². The molecule has 33 heavy (non-hydrogen) atoms. The highest BCUT2D eigenvalue weighted by molar-refractivity contribution is 8.00. The van der Waals surface area contributed by atoms with E-state index >= 15 is 0 Å². The molecule has 0 amide bonds. The standard InChI is InChI=1S/C23H28N6O3S/c1-24-8-9-25-12-17-13-26-29(15-17)14-16-10-19(31-3)22-20(11-16)32-27-23(22)28-33-21-7-5-4-6-18(21)30-2/h4-7,10-11,13,15,24-25H,8-9,12,14H2,1-3H3,(H,27,28). The fourth-order valence-electron chi connectivity index (χ4n) is 3.44. The lowest BCUT2D eigenvalue weighted by Crippen LogP contribution is -2.24. The van der Waals surface area contributed by atoms with Crippen molar-refractivity contribution in [2.24, 2.45) is 0 Å². The predicted molar refractivity (Wildman–Crippen MR) is 130 cm³/mol. The number of rotatable bonds is 12. The monoisotopic (exact) mass is 468 g/mol. The van der Waals surface area contributed by atoms with Crippen molar-refractivity contribution < 1.29 is 14.0 Å². The summed E-state index contributed by atoms with van der Waals surface area (Å²) in [6.45, 7) is 3.22. The Morgan fingerprint density at radius 3 is 2.73 bits per heavy atom. The molecule has 0 radical (unpaired) electrons. The molecule has 0 saturated carbocycles. The number of benzene rings is 2. The van der Waals surface area contributed by atoms with E-state index in [1.165, 1.54) is 11.9 Å². The minimum absolute atomic E-state index is 0.596. The summed E-state index contributed by atoms with van der Waals surface area (Å²) in [6.07, 6.45) is 3.92. The Bertz CT molecular complexity index is 1190. The molecule has 9 nitrogen and oxygen atoms in total. The van der Waals surface area contributed by atoms with Crippen LogP contribution in [-0.2, 0) is 13.1 Å². The molecule has 4 aromatic rings. The summed E-state index contributed by atoms with van der Waals surface area (Å²) >= 11 is 1.41. The van der Waals surface area contributed by atoms with E-state index in [1.807, 2.05) is 60.5 Å². The molecule has 0 unspecified atom stereocenters. The number of nitrogens with one attached hydrogen (secondary N) is 3. The van der Waals surface area contributed by atoms with Crippen molar-refractivity contribution in [3.8, 4) is 11.5 Å². The zero-order valence-electron chi connectivity index (χ0n) is 18.9. The molecule has 10 heteroatoms. The van der Waals surface area contributed by atoms with Crippen molar-refractivity contribution >= 4 is 28.7 Å². The molecule has 2 aromatic carbocycles. The van der Waals surface area contributed by atoms with Crippen LogP contribution in [0.2, 0.25) is 0 Å². The molecular formula is C23H28N6O3S. The van der Waals surface area contributed by atoms with Crippen molar-refractivity contribution in [3.63, 3.8) is 0 Å². The quantitative estimate of drug-likeness (QED) is 0.213. The van der Waals surface area contributed by atoms with Crippen LogP contribution in [0.4, 0.5) is 5.82 Å². The van der Waals surface area contributed by atoms with E-state index in [0.29, 0.717) is 23.7 Å². The van der Waals surface area contributed by atoms with Gasteiger partial charge in [-0.2, -0.15) is 5.10 Å². The first kappa shape index (κ1) is 23.0. The summed E-state index contributed by atoms with van der Waals surface area (Å²) in [5, 5.41) is 16.0. The van der Waals surface area contributed by atoms with Crippen LogP contribution in [0.15, 0.2) is 58.2 Å². The highest BCUT2D eigenvalue weighted by Gasteiger charge is 2.16. The second-order valence-electron chi connectivity index (χ2n) is 7.38. The molecule has 174 valence electrons. The molecule has 0 aliphatic heterocycles. The van der Waals surface area contributed by atoms with E-state index in [0.717, 1.165) is 46.8 Å². The number of aromatic nitrogens is 3. The molecule has 0 spiro atoms. The van der Waals surface area contributed by atoms with Gasteiger partial charge in [-0.05, 0) is 48.8 Å². The van der Waals surface area contributed by atoms with E-state index in [2.05, 4.69) is 25.6 Å². The Balaban J connectivity index is 1.48. The fraction of sp³-hybridized carbons (Fsp3) is 0.304. The van der Waals surface area contributed by atoms with Gasteiger partial charge in [0, 0.05) is 31.4 Å². The van der Waals surface area contributed by atoms with Crippen molar-refractivity contribution in [1.29, 1.82) is 0 Å². The van der Waals surface area contributed by atoms with Crippen LogP contribution in [0.25, 0.3) is 11.0 Å². The molecular weight excluding hydrogens is 440 g/mol. The van der Waals surface area contributed by atoms with Gasteiger partial charge in [-0.3, -0.25) is 4.68 Å². The normalized spacial score (nSPS) is 11.1. The van der Waals surface area contributed by atoms with Gasteiger partial charge in [0.05, 0.1) is 31.9 Å². The predicted octanol–water partition coefficient (Wildman–Crippen LogP) is 3.52. The molecule has 0 atom stereocenters. The first-order valence-electron chi connectivity index (χ1n) is 10.6. The number of methoxy groups -OCH3 is 2. The molecule has 2 heterocycles. The van der Waals surface area contributed by atoms with Crippen LogP contribution in [-0.4, -0.2) is 49.3 Å². The second kappa shape index (κ2) is 11.1. The first-order chi connectivity index (χ1) is 16.2. The maximum absolute atomic E-state index is 5.66. The van der Waals surface area contributed by atoms with Crippen LogP contribution >= 0.6 is 11.9 Å². The minimum Gasteiger partial charge on any atom is -0.496 e. The van der Waals surface area contributed by atoms with Gasteiger partial charge in [-0.1, -0.05) is 17.3 Å². The topological polar surface area (TPSA) is 98.4 Å². The number of ether oxygens (including phenoxy) is 2. The van der Waals surface area contributed by atoms with Crippen LogP contribution in [0, 0.1) is 0 Å². The number of fused-ring (bicyclic) bond motifs is 1. The Hall–Kier alpha value is -3.21. The summed E-state index contributed by atoms with van der Waals surface area (Å²) in [5.41, 5.74) is 2.80. The number of anilines is 1. The van der Waals surface area contributed by atoms with E-state index in [1.54, 1.807) is 14.2 Å². The molecule has 2 aromatic heterocycles. The molecule has 0 saturated heterocycles. The van der Waals surface area contributed by atoms with Crippen LogP contribution in [0.1, 0.15) is 11.1 Å². The van der Waals surface area contributed by atoms with E-state index in [9.17, 15) is 0 Å². The summed E-state index contributed by atoms with van der Waals surface area (Å²) in [5.74, 6) is 2.07. The Kier molecular flexibility index (Phi) is 7.71. The lowest BCUT2D eigenvalue weighted by Gasteiger charge is -2.09. The molecule has 0 bridgehead atoms. The number of likely N-dealkylation sites (N-methyl/N-ethyl adjacent to an activating group) is 1. The Labute approximate surface area is 196 Å². The van der Waals surface area contributed by atoms with Gasteiger partial charge in [-0.25, -0.2) is 0 Å². The second-order valence-corrected chi connectivity index (χ2v) is 8.23. The lowest BCUT2D eigenvalue weighted by atomic mass is 10.1. The summed E-state index contributed by atoms with van der Waals surface area (Å²) in [6, 6.07) is 11.7. The van der Waals surface area contributed by atoms with Crippen LogP contribution < -0.4 is 24.8 Å². The number of hydrogen-bond acceptors (Lipinski definition) is 9. The third kappa shape index (κ3) is 5.59. The molecule has 0 aliphatic carbocycles. The summed E-state index contributed by atoms with van der Waals surface area (Å²) in [7, 11) is 5.24. The third-order valence-electron chi connectivity index (χ3n) is 5.06. The lowest BCUT2D eigenvalue weighted by molar-refractivity contribution is 0.405. The van der Waals surface area contributed by atoms with Crippen LogP contribution in [0.3, 0.4) is 0 Å². The van der Waals surface area contributed by atoms with E-state index in [-0.39, 0.29) is 0 Å². The average Bonchev–Trinajstić information content (AvgIpc) is 3.47. The van der Waals surface area contributed by atoms with Gasteiger partial charge in [-0.15, -0.1) is 0 Å². The SMILES string of the molecule is CNCCNCc1cnn(Cc2cc(OC)c3c(NSc4ccccc4OC)noc3c2)c1. The molecule has 0 aliphatic rings. The largest absolute Gasteiger partial charge is 0.496 e. The van der Waals surface area contributed by atoms with Gasteiger partial charge in [0.1, 0.15) is 16.9 Å². The minimum atomic E-state index is 0.596. The van der Waals surface area contributed by atoms with Crippen molar-refractivity contribution in [2.75, 3.05) is 39.1 Å². The molecule has 4 rings (SSSR count). The van der Waals surface area contributed by atoms with Gasteiger partial charge >= 0.3 is 0 Å². The maximum atomic E-state index is 5.66. The summed E-state index contributed by atoms with van der Waals surface area (Å²) in [4.78, 5) is 0.946. The van der Waals surface area contributed by atoms with Crippen LogP contribution in [0.5, 0.6) is 11.5 Å². The third-order valence-corrected chi connectivity index (χ3v) is 5.91. The smallest absolute Gasteiger partial charge is 0.191 e. The maximum Gasteiger partial charge on any atom is 0.191 e. The Morgan fingerprint density at radius 1 is 1.06 bits per heavy atom. The van der Waals surface area contributed by atoms with Crippen molar-refractivity contribution in [2.45, 2.75) is 18.0 Å². The first-order valence-corrected chi connectivity index (χ1v) is 11.4. The number of nitrogens with zero attached hydrogens (tertiary/aromatic N) is 3. The number of para-hydroxylation sites is 1. The Morgan fingerprint density at radius 2 is 1.91 bits per heavy atom. The zero-order chi connectivity index (χ0) is 23.0. The van der Waals surface area contributed by atoms with Gasteiger partial charge in [0.25, 0.3) is 0 Å². The fourth-order valence-corrected chi connectivity index (χ4v) is 4.18.